The topological polar surface area (TPSA) is 64.4 Å². The van der Waals surface area contributed by atoms with Crippen LogP contribution in [0.2, 0.25) is 0 Å². The van der Waals surface area contributed by atoms with Gasteiger partial charge in [-0.25, -0.2) is 0 Å². The molecule has 0 aromatic heterocycles. The first kappa shape index (κ1) is 5.04. The second-order valence-electron chi connectivity index (χ2n) is 1.17. The summed E-state index contributed by atoms with van der Waals surface area (Å²) < 4.78 is 0. The second kappa shape index (κ2) is 1.79. The van der Waals surface area contributed by atoms with Gasteiger partial charge in [0.1, 0.15) is 0 Å². The molecule has 1 aliphatic heterocycles. The zero-order valence-corrected chi connectivity index (χ0v) is 3.83. The molecule has 0 amide bonds. The highest BCUT2D eigenvalue weighted by atomic mass is 16.7. The minimum atomic E-state index is -0.566. The van der Waals surface area contributed by atoms with Crippen LogP contribution in [0.1, 0.15) is 0 Å². The molecule has 1 N–H and O–H groups in total. The van der Waals surface area contributed by atoms with Crippen LogP contribution in [-0.4, -0.2) is 4.92 Å². The van der Waals surface area contributed by atoms with E-state index in [1.54, 1.807) is 0 Å². The highest BCUT2D eigenvalue weighted by Crippen LogP contribution is 1.99. The monoisotopic (exact) mass is 115 g/mol. The lowest BCUT2D eigenvalue weighted by Crippen LogP contribution is -2.12. The maximum Gasteiger partial charge on any atom is 0.344 e. The Hall–Kier alpha value is -1.10. The van der Waals surface area contributed by atoms with Crippen LogP contribution >= 0.6 is 0 Å². The second-order valence-corrected chi connectivity index (χ2v) is 1.17. The maximum atomic E-state index is 9.78. The fourth-order valence-corrected chi connectivity index (χ4v) is 0.325. The lowest BCUT2D eigenvalue weighted by molar-refractivity contribution is -0.436. The molecule has 0 fully saturated rings. The predicted octanol–water partition coefficient (Wildman–Crippen LogP) is -0.199. The van der Waals surface area contributed by atoms with Crippen molar-refractivity contribution in [2.24, 2.45) is 0 Å². The quantitative estimate of drug-likeness (QED) is 0.379. The standard InChI is InChI=1S/C3H3N2O3/c6-5(7)3-1-2-8-4-3/h1-2,4H. The molecular formula is C3H3N2O3. The Bertz CT molecular complexity index is 141. The van der Waals surface area contributed by atoms with Crippen molar-refractivity contribution in [2.45, 2.75) is 0 Å². The third kappa shape index (κ3) is 0.760. The Balaban J connectivity index is 2.57. The highest BCUT2D eigenvalue weighted by Gasteiger charge is 2.13. The Morgan fingerprint density at radius 3 is 2.88 bits per heavy atom. The van der Waals surface area contributed by atoms with Gasteiger partial charge in [-0.1, -0.05) is 0 Å². The van der Waals surface area contributed by atoms with E-state index < -0.39 is 4.92 Å². The molecule has 1 rings (SSSR count). The van der Waals surface area contributed by atoms with Crippen LogP contribution in [0, 0.1) is 16.7 Å². The number of rotatable bonds is 1. The molecule has 43 valence electrons. The normalized spacial score (nSPS) is 17.2. The summed E-state index contributed by atoms with van der Waals surface area (Å²) in [5.41, 5.74) is 2.06. The average Bonchev–Trinajstić information content (AvgIpc) is 2.12. The summed E-state index contributed by atoms with van der Waals surface area (Å²) in [6, 6.07) is 0. The Morgan fingerprint density at radius 2 is 2.62 bits per heavy atom. The van der Waals surface area contributed by atoms with Gasteiger partial charge in [0.15, 0.2) is 6.61 Å². The van der Waals surface area contributed by atoms with Crippen molar-refractivity contribution in [2.75, 3.05) is 0 Å². The van der Waals surface area contributed by atoms with Gasteiger partial charge >= 0.3 is 5.82 Å². The fraction of sp³-hybridized carbons (Fsp3) is 0. The van der Waals surface area contributed by atoms with Gasteiger partial charge in [-0.15, -0.1) is 5.48 Å². The molecule has 0 unspecified atom stereocenters. The van der Waals surface area contributed by atoms with E-state index in [2.05, 4.69) is 10.3 Å². The third-order valence-electron chi connectivity index (χ3n) is 0.654. The van der Waals surface area contributed by atoms with Crippen LogP contribution in [0.25, 0.3) is 0 Å². The van der Waals surface area contributed by atoms with E-state index >= 15 is 0 Å². The van der Waals surface area contributed by atoms with Crippen molar-refractivity contribution in [3.63, 3.8) is 0 Å². The summed E-state index contributed by atoms with van der Waals surface area (Å²) in [5.74, 6) is -0.134. The molecule has 0 atom stereocenters. The largest absolute Gasteiger partial charge is 0.358 e. The number of nitrogens with zero attached hydrogens (tertiary/aromatic N) is 1. The summed E-state index contributed by atoms with van der Waals surface area (Å²) in [5, 5.41) is 9.78. The molecule has 0 saturated carbocycles. The lowest BCUT2D eigenvalue weighted by atomic mass is 10.6. The molecule has 1 radical (unpaired) electrons. The van der Waals surface area contributed by atoms with Crippen molar-refractivity contribution in [3.8, 4) is 0 Å². The van der Waals surface area contributed by atoms with E-state index in [0.717, 1.165) is 0 Å². The molecule has 0 spiro atoms. The van der Waals surface area contributed by atoms with Gasteiger partial charge in [-0.2, -0.15) is 4.84 Å². The van der Waals surface area contributed by atoms with Crippen LogP contribution < -0.4 is 5.48 Å². The lowest BCUT2D eigenvalue weighted by Gasteiger charge is -1.90. The van der Waals surface area contributed by atoms with Gasteiger partial charge in [0.25, 0.3) is 0 Å². The van der Waals surface area contributed by atoms with Crippen molar-refractivity contribution in [3.05, 3.63) is 28.6 Å². The molecule has 1 aliphatic rings. The van der Waals surface area contributed by atoms with E-state index in [1.807, 2.05) is 0 Å². The van der Waals surface area contributed by atoms with Crippen LogP contribution in [0.5, 0.6) is 0 Å². The summed E-state index contributed by atoms with van der Waals surface area (Å²) in [7, 11) is 0. The summed E-state index contributed by atoms with van der Waals surface area (Å²) in [6.07, 6.45) is 1.24. The Labute approximate surface area is 45.0 Å². The molecule has 0 bridgehead atoms. The molecule has 0 saturated heterocycles. The summed E-state index contributed by atoms with van der Waals surface area (Å²) in [4.78, 5) is 13.5. The number of nitrogens with one attached hydrogen (secondary N) is 1. The first-order chi connectivity index (χ1) is 3.80. The molecule has 8 heavy (non-hydrogen) atoms. The molecular weight excluding hydrogens is 112 g/mol. The van der Waals surface area contributed by atoms with Gasteiger partial charge in [0, 0.05) is 6.08 Å². The summed E-state index contributed by atoms with van der Waals surface area (Å²) >= 11 is 0. The minimum Gasteiger partial charge on any atom is -0.358 e. The van der Waals surface area contributed by atoms with Gasteiger partial charge < -0.3 is 10.1 Å². The van der Waals surface area contributed by atoms with Crippen LogP contribution in [0.15, 0.2) is 11.9 Å². The Kier molecular flexibility index (Phi) is 1.13. The first-order valence-electron chi connectivity index (χ1n) is 1.90. The molecule has 0 aromatic carbocycles. The zero-order valence-electron chi connectivity index (χ0n) is 3.83. The van der Waals surface area contributed by atoms with E-state index in [4.69, 9.17) is 0 Å². The van der Waals surface area contributed by atoms with E-state index in [-0.39, 0.29) is 5.82 Å². The van der Waals surface area contributed by atoms with Gasteiger partial charge in [0.05, 0.1) is 0 Å². The predicted molar refractivity (Wildman–Crippen MR) is 23.6 cm³/mol. The highest BCUT2D eigenvalue weighted by molar-refractivity contribution is 4.97. The molecule has 1 heterocycles. The SMILES string of the molecule is O=[N+]([O-])C1=C[CH]ON1. The third-order valence-corrected chi connectivity index (χ3v) is 0.654. The average molecular weight is 115 g/mol. The van der Waals surface area contributed by atoms with Gasteiger partial charge in [-0.05, 0) is 4.92 Å². The van der Waals surface area contributed by atoms with E-state index in [1.165, 1.54) is 12.7 Å². The summed E-state index contributed by atoms with van der Waals surface area (Å²) in [6.45, 7) is 1.21. The zero-order chi connectivity index (χ0) is 5.98. The first-order valence-corrected chi connectivity index (χ1v) is 1.90. The van der Waals surface area contributed by atoms with Crippen LogP contribution in [0.4, 0.5) is 0 Å². The van der Waals surface area contributed by atoms with Crippen LogP contribution in [0.3, 0.4) is 0 Å². The number of hydrogen-bond acceptors (Lipinski definition) is 4. The molecule has 0 aliphatic carbocycles. The number of hydrogen-bond donors (Lipinski definition) is 1. The van der Waals surface area contributed by atoms with Gasteiger partial charge in [0.2, 0.25) is 0 Å². The van der Waals surface area contributed by atoms with Gasteiger partial charge in [-0.3, -0.25) is 0 Å². The fourth-order valence-electron chi connectivity index (χ4n) is 0.325. The van der Waals surface area contributed by atoms with E-state index in [0.29, 0.717) is 0 Å². The van der Waals surface area contributed by atoms with Crippen molar-refractivity contribution in [1.29, 1.82) is 0 Å². The Morgan fingerprint density at radius 1 is 1.88 bits per heavy atom. The smallest absolute Gasteiger partial charge is 0.344 e. The molecule has 5 nitrogen and oxygen atoms in total. The van der Waals surface area contributed by atoms with E-state index in [9.17, 15) is 10.1 Å². The van der Waals surface area contributed by atoms with Crippen LogP contribution in [-0.2, 0) is 4.84 Å². The van der Waals surface area contributed by atoms with Crippen molar-refractivity contribution < 1.29 is 9.76 Å². The van der Waals surface area contributed by atoms with Crippen molar-refractivity contribution >= 4 is 0 Å². The maximum absolute atomic E-state index is 9.78. The number of hydroxylamine groups is 1. The molecule has 0 aromatic rings. The van der Waals surface area contributed by atoms with Crippen molar-refractivity contribution in [1.82, 2.24) is 5.48 Å². The molecule has 5 heteroatoms. The minimum absolute atomic E-state index is 0.134. The number of nitro groups is 1.